The van der Waals surface area contributed by atoms with Crippen LogP contribution in [0.5, 0.6) is 0 Å². The maximum Gasteiger partial charge on any atom is 0.377 e. The SMILES string of the molecule is CC(F)(F)C(=O)OC12CC3CC(C1)C1(OCC(COC(=O)C45CC6CC(CC(C6)C4)C5)(COC(=O)C45CC6CC(CC(C6)C4)C5)CO1)C(C3)C2. The van der Waals surface area contributed by atoms with E-state index < -0.39 is 39.5 Å². The zero-order valence-electron chi connectivity index (χ0n) is 29.6. The molecule has 0 N–H and O–H groups in total. The first-order valence-electron chi connectivity index (χ1n) is 20.0. The first kappa shape index (κ1) is 32.8. The van der Waals surface area contributed by atoms with Gasteiger partial charge in [-0.25, -0.2) is 4.79 Å². The van der Waals surface area contributed by atoms with Gasteiger partial charge in [-0.3, -0.25) is 9.59 Å². The standard InChI is InChI=1S/C40H54F2O8/c1-35(41,42)32(43)50-39-16-29-8-30(17-39)40(31(9-29)18-39)48-21-36(22-49-40,19-46-33(44)37-10-23-2-24(11-37)4-25(3-23)12-37)20-47-34(45)38-13-26-5-27(14-38)7-28(6-26)15-38/h23-31H,2-22H2,1H3. The van der Waals surface area contributed by atoms with Gasteiger partial charge in [0, 0.05) is 18.8 Å². The van der Waals surface area contributed by atoms with Crippen molar-refractivity contribution < 1.29 is 46.8 Å². The van der Waals surface area contributed by atoms with Crippen LogP contribution in [0.2, 0.25) is 0 Å². The molecule has 2 atom stereocenters. The molecule has 1 spiro atoms. The first-order valence-corrected chi connectivity index (χ1v) is 20.0. The van der Waals surface area contributed by atoms with Crippen LogP contribution in [0, 0.1) is 69.5 Å². The van der Waals surface area contributed by atoms with E-state index in [0.29, 0.717) is 61.7 Å². The van der Waals surface area contributed by atoms with Gasteiger partial charge in [0.1, 0.15) is 18.8 Å². The molecular weight excluding hydrogens is 646 g/mol. The summed E-state index contributed by atoms with van der Waals surface area (Å²) in [6.45, 7) is 1.17. The minimum Gasteiger partial charge on any atom is -0.464 e. The molecule has 50 heavy (non-hydrogen) atoms. The topological polar surface area (TPSA) is 97.4 Å². The quantitative estimate of drug-likeness (QED) is 0.197. The highest BCUT2D eigenvalue weighted by molar-refractivity contribution is 5.78. The number of hydrogen-bond acceptors (Lipinski definition) is 8. The van der Waals surface area contributed by atoms with Crippen molar-refractivity contribution in [3.05, 3.63) is 0 Å². The van der Waals surface area contributed by atoms with E-state index in [0.717, 1.165) is 51.4 Å². The van der Waals surface area contributed by atoms with E-state index in [9.17, 15) is 23.2 Å². The third-order valence-electron chi connectivity index (χ3n) is 16.1. The Kier molecular flexibility index (Phi) is 7.14. The van der Waals surface area contributed by atoms with E-state index in [-0.39, 0.29) is 56.1 Å². The Hall–Kier alpha value is -1.81. The van der Waals surface area contributed by atoms with Gasteiger partial charge >= 0.3 is 23.8 Å². The molecule has 0 amide bonds. The predicted octanol–water partition coefficient (Wildman–Crippen LogP) is 7.01. The molecular formula is C40H54F2O8. The van der Waals surface area contributed by atoms with Crippen molar-refractivity contribution in [2.45, 2.75) is 133 Å². The molecule has 0 aromatic heterocycles. The minimum absolute atomic E-state index is 0.0723. The van der Waals surface area contributed by atoms with Gasteiger partial charge in [-0.1, -0.05) is 0 Å². The molecule has 1 heterocycles. The van der Waals surface area contributed by atoms with E-state index in [2.05, 4.69) is 0 Å². The number of esters is 3. The van der Waals surface area contributed by atoms with E-state index >= 15 is 0 Å². The predicted molar refractivity (Wildman–Crippen MR) is 173 cm³/mol. The van der Waals surface area contributed by atoms with Crippen LogP contribution in [0.1, 0.15) is 116 Å². The summed E-state index contributed by atoms with van der Waals surface area (Å²) in [5.41, 5.74) is -2.55. The number of carbonyl (C=O) groups excluding carboxylic acids is 3. The average molecular weight is 701 g/mol. The fourth-order valence-corrected chi connectivity index (χ4v) is 15.0. The Bertz CT molecular complexity index is 1290. The zero-order valence-corrected chi connectivity index (χ0v) is 29.6. The second-order valence-corrected chi connectivity index (χ2v) is 20.2. The molecule has 1 aliphatic heterocycles. The summed E-state index contributed by atoms with van der Waals surface area (Å²) in [4.78, 5) is 40.4. The summed E-state index contributed by atoms with van der Waals surface area (Å²) >= 11 is 0. The molecule has 10 heteroatoms. The van der Waals surface area contributed by atoms with Gasteiger partial charge in [-0.15, -0.1) is 0 Å². The molecule has 12 saturated carbocycles. The van der Waals surface area contributed by atoms with Crippen molar-refractivity contribution in [1.29, 1.82) is 0 Å². The lowest BCUT2D eigenvalue weighted by atomic mass is 9.49. The molecule has 8 nitrogen and oxygen atoms in total. The highest BCUT2D eigenvalue weighted by Gasteiger charge is 2.68. The lowest BCUT2D eigenvalue weighted by molar-refractivity contribution is -0.397. The molecule has 1 saturated heterocycles. The molecule has 0 radical (unpaired) electrons. The lowest BCUT2D eigenvalue weighted by Gasteiger charge is -2.65. The second-order valence-electron chi connectivity index (χ2n) is 20.2. The second kappa shape index (κ2) is 10.9. The van der Waals surface area contributed by atoms with Gasteiger partial charge in [-0.2, -0.15) is 8.78 Å². The van der Waals surface area contributed by atoms with E-state index in [4.69, 9.17) is 23.7 Å². The van der Waals surface area contributed by atoms with Crippen molar-refractivity contribution in [3.8, 4) is 0 Å². The number of rotatable bonds is 8. The van der Waals surface area contributed by atoms with Crippen LogP contribution in [-0.2, 0) is 38.1 Å². The molecule has 2 unspecified atom stereocenters. The van der Waals surface area contributed by atoms with Crippen LogP contribution < -0.4 is 0 Å². The normalized spacial score (nSPS) is 52.0. The molecule has 13 fully saturated rings. The summed E-state index contributed by atoms with van der Waals surface area (Å²) in [5, 5.41) is 0. The minimum atomic E-state index is -3.54. The van der Waals surface area contributed by atoms with Crippen LogP contribution in [0.15, 0.2) is 0 Å². The summed E-state index contributed by atoms with van der Waals surface area (Å²) in [6, 6.07) is 0. The van der Waals surface area contributed by atoms with Crippen molar-refractivity contribution in [2.24, 2.45) is 69.5 Å². The van der Waals surface area contributed by atoms with E-state index in [1.165, 1.54) is 38.5 Å². The molecule has 276 valence electrons. The Morgan fingerprint density at radius 3 is 1.36 bits per heavy atom. The molecule has 12 bridgehead atoms. The Morgan fingerprint density at radius 1 is 0.600 bits per heavy atom. The van der Waals surface area contributed by atoms with Gasteiger partial charge in [0.05, 0.1) is 29.5 Å². The number of ether oxygens (including phenoxy) is 5. The van der Waals surface area contributed by atoms with Gasteiger partial charge < -0.3 is 23.7 Å². The van der Waals surface area contributed by atoms with Crippen LogP contribution in [0.4, 0.5) is 8.78 Å². The van der Waals surface area contributed by atoms with Crippen molar-refractivity contribution >= 4 is 17.9 Å². The molecule has 12 aliphatic carbocycles. The van der Waals surface area contributed by atoms with Crippen LogP contribution in [0.25, 0.3) is 0 Å². The lowest BCUT2D eigenvalue weighted by Crippen LogP contribution is -2.69. The molecule has 13 aliphatic rings. The molecule has 0 aromatic rings. The van der Waals surface area contributed by atoms with Crippen molar-refractivity contribution in [3.63, 3.8) is 0 Å². The van der Waals surface area contributed by atoms with Crippen LogP contribution in [-0.4, -0.2) is 61.6 Å². The maximum absolute atomic E-state index is 14.0. The number of alkyl halides is 2. The van der Waals surface area contributed by atoms with Gasteiger partial charge in [0.15, 0.2) is 5.79 Å². The van der Waals surface area contributed by atoms with Gasteiger partial charge in [-0.05, 0) is 151 Å². The van der Waals surface area contributed by atoms with E-state index in [1.807, 2.05) is 0 Å². The van der Waals surface area contributed by atoms with Crippen molar-refractivity contribution in [1.82, 2.24) is 0 Å². The number of halogens is 2. The monoisotopic (exact) mass is 700 g/mol. The summed E-state index contributed by atoms with van der Waals surface area (Å²) in [7, 11) is 0. The Morgan fingerprint density at radius 2 is 0.980 bits per heavy atom. The summed E-state index contributed by atoms with van der Waals surface area (Å²) in [5.74, 6) is -2.35. The largest absolute Gasteiger partial charge is 0.464 e. The molecule has 13 rings (SSSR count). The average Bonchev–Trinajstić information content (AvgIpc) is 3.04. The van der Waals surface area contributed by atoms with Gasteiger partial charge in [0.25, 0.3) is 0 Å². The zero-order chi connectivity index (χ0) is 34.3. The van der Waals surface area contributed by atoms with Crippen molar-refractivity contribution in [2.75, 3.05) is 26.4 Å². The summed E-state index contributed by atoms with van der Waals surface area (Å²) < 4.78 is 59.8. The third-order valence-corrected chi connectivity index (χ3v) is 16.1. The highest BCUT2D eigenvalue weighted by atomic mass is 19.3. The number of hydrogen-bond donors (Lipinski definition) is 0. The Balaban J connectivity index is 0.868. The smallest absolute Gasteiger partial charge is 0.377 e. The van der Waals surface area contributed by atoms with Crippen LogP contribution >= 0.6 is 0 Å². The fraction of sp³-hybridized carbons (Fsp3) is 0.925. The number of carbonyl (C=O) groups is 3. The van der Waals surface area contributed by atoms with Crippen LogP contribution in [0.3, 0.4) is 0 Å². The fourth-order valence-electron chi connectivity index (χ4n) is 15.0. The summed E-state index contributed by atoms with van der Waals surface area (Å²) in [6.07, 6.45) is 16.1. The Labute approximate surface area is 293 Å². The molecule has 0 aromatic carbocycles. The maximum atomic E-state index is 14.0. The van der Waals surface area contributed by atoms with E-state index in [1.54, 1.807) is 0 Å². The van der Waals surface area contributed by atoms with Gasteiger partial charge in [0.2, 0.25) is 0 Å². The third kappa shape index (κ3) is 5.09. The highest BCUT2D eigenvalue weighted by Crippen LogP contribution is 2.65. The first-order chi connectivity index (χ1) is 23.8.